The van der Waals surface area contributed by atoms with E-state index in [9.17, 15) is 29.2 Å². The van der Waals surface area contributed by atoms with Gasteiger partial charge in [-0.15, -0.1) is 0 Å². The second kappa shape index (κ2) is 15.1. The van der Waals surface area contributed by atoms with Gasteiger partial charge in [-0.1, -0.05) is 27.7 Å². The Morgan fingerprint density at radius 2 is 1.67 bits per heavy atom. The molecule has 17 nitrogen and oxygen atoms in total. The Kier molecular flexibility index (Phi) is 12.3. The fraction of sp³-hybridized carbons (Fsp3) is 0.741. The van der Waals surface area contributed by atoms with Crippen molar-refractivity contribution in [2.45, 2.75) is 97.4 Å². The van der Waals surface area contributed by atoms with E-state index in [1.807, 2.05) is 27.7 Å². The van der Waals surface area contributed by atoms with Crippen molar-refractivity contribution >= 4 is 36.7 Å². The van der Waals surface area contributed by atoms with Crippen molar-refractivity contribution < 1.29 is 43.1 Å². The molecule has 1 aliphatic rings. The number of fused-ring (bicyclic) bond motifs is 1. The molecule has 2 aromatic rings. The van der Waals surface area contributed by atoms with E-state index in [2.05, 4.69) is 25.1 Å². The number of nitrogens with zero attached hydrogens (tertiary/aromatic N) is 3. The topological polar surface area (TPSA) is 242 Å². The summed E-state index contributed by atoms with van der Waals surface area (Å²) in [5, 5.41) is 27.9. The minimum absolute atomic E-state index is 0.00114. The third-order valence-corrected chi connectivity index (χ3v) is 8.90. The van der Waals surface area contributed by atoms with Gasteiger partial charge in [0.2, 0.25) is 5.95 Å². The molecule has 254 valence electrons. The van der Waals surface area contributed by atoms with Crippen molar-refractivity contribution in [3.05, 3.63) is 16.7 Å². The van der Waals surface area contributed by atoms with Crippen LogP contribution in [0.3, 0.4) is 0 Å². The molecular formula is C27H46N7O10P. The fourth-order valence-electron chi connectivity index (χ4n) is 5.02. The van der Waals surface area contributed by atoms with Gasteiger partial charge in [-0.25, -0.2) is 15.2 Å². The van der Waals surface area contributed by atoms with Crippen LogP contribution in [0.1, 0.15) is 67.5 Å². The molecule has 0 bridgehead atoms. The van der Waals surface area contributed by atoms with Gasteiger partial charge in [0, 0.05) is 0 Å². The van der Waals surface area contributed by atoms with E-state index < -0.39 is 67.9 Å². The standard InChI is InChI=1S/C27H46N7O10P/c1-8-41-23(37)16(10-14(3)4)32-45(40,33-17(11-15(5)6)24(38)42-9-2)43-12-18-20(35)27(7,39)25(44-18)34-13-29-19-21(34)30-26(28)31-22(19)36/h13-18,20,25,35,39H,8-12H2,1-7H3,(H2,32,33,40)(H3,28,30,31,36)/t16-,17-,18+,20-,25?,27?/m0/s1. The molecule has 2 unspecified atom stereocenters. The number of imidazole rings is 1. The van der Waals surface area contributed by atoms with Gasteiger partial charge in [0.15, 0.2) is 17.4 Å². The lowest BCUT2D eigenvalue weighted by molar-refractivity contribution is -0.146. The number of aliphatic hydroxyl groups excluding tert-OH is 1. The zero-order valence-electron chi connectivity index (χ0n) is 26.7. The summed E-state index contributed by atoms with van der Waals surface area (Å²) in [4.78, 5) is 48.4. The van der Waals surface area contributed by atoms with Crippen molar-refractivity contribution in [2.24, 2.45) is 11.8 Å². The number of carbonyl (C=O) groups excluding carboxylic acids is 2. The van der Waals surface area contributed by atoms with E-state index in [0.717, 1.165) is 0 Å². The number of nitrogens with one attached hydrogen (secondary N) is 3. The first-order chi connectivity index (χ1) is 21.0. The third-order valence-electron chi connectivity index (χ3n) is 7.09. The van der Waals surface area contributed by atoms with E-state index in [1.54, 1.807) is 13.8 Å². The number of hydrogen-bond acceptors (Lipinski definition) is 13. The quantitative estimate of drug-likeness (QED) is 0.109. The molecule has 6 atom stereocenters. The minimum atomic E-state index is -4.32. The molecule has 1 aliphatic heterocycles. The molecule has 1 fully saturated rings. The maximum absolute atomic E-state index is 14.5. The Morgan fingerprint density at radius 3 is 2.16 bits per heavy atom. The second-order valence-corrected chi connectivity index (χ2v) is 13.8. The van der Waals surface area contributed by atoms with Crippen LogP contribution >= 0.6 is 7.67 Å². The van der Waals surface area contributed by atoms with Crippen LogP contribution < -0.4 is 21.5 Å². The summed E-state index contributed by atoms with van der Waals surface area (Å²) in [6, 6.07) is -2.16. The van der Waals surface area contributed by atoms with E-state index >= 15 is 0 Å². The lowest BCUT2D eigenvalue weighted by atomic mass is 9.96. The number of ether oxygens (including phenoxy) is 3. The summed E-state index contributed by atoms with van der Waals surface area (Å²) in [7, 11) is -4.32. The summed E-state index contributed by atoms with van der Waals surface area (Å²) in [6.45, 7) is 11.7. The van der Waals surface area contributed by atoms with Crippen molar-refractivity contribution in [1.29, 1.82) is 0 Å². The molecule has 18 heteroatoms. The van der Waals surface area contributed by atoms with Crippen LogP contribution in [0.2, 0.25) is 0 Å². The van der Waals surface area contributed by atoms with Crippen LogP contribution in [0.4, 0.5) is 5.95 Å². The number of aromatic amines is 1. The smallest absolute Gasteiger partial charge is 0.342 e. The van der Waals surface area contributed by atoms with E-state index in [4.69, 9.17) is 24.5 Å². The SMILES string of the molecule is CCOC(=O)[C@H](CC(C)C)NP(=O)(N[C@@H](CC(C)C)C(=O)OCC)OC[C@H]1OC(n2cnc3c(=O)[nH]c(N)nc32)C(C)(O)[C@H]1O. The van der Waals surface area contributed by atoms with Gasteiger partial charge in [-0.05, 0) is 45.4 Å². The fourth-order valence-corrected chi connectivity index (χ4v) is 6.85. The van der Waals surface area contributed by atoms with Gasteiger partial charge >= 0.3 is 19.6 Å². The number of H-pyrrole nitrogens is 1. The van der Waals surface area contributed by atoms with Gasteiger partial charge in [-0.2, -0.15) is 4.98 Å². The number of nitrogens with two attached hydrogens (primary N) is 1. The predicted octanol–water partition coefficient (Wildman–Crippen LogP) is 0.971. The van der Waals surface area contributed by atoms with E-state index in [-0.39, 0.29) is 55.0 Å². The Balaban J connectivity index is 1.94. The zero-order valence-corrected chi connectivity index (χ0v) is 27.6. The molecule has 0 amide bonds. The maximum Gasteiger partial charge on any atom is 0.342 e. The number of aromatic nitrogens is 4. The number of carbonyl (C=O) groups is 2. The first-order valence-electron chi connectivity index (χ1n) is 14.9. The van der Waals surface area contributed by atoms with Gasteiger partial charge < -0.3 is 34.7 Å². The Bertz CT molecular complexity index is 1390. The highest BCUT2D eigenvalue weighted by Crippen LogP contribution is 2.44. The molecule has 3 heterocycles. The van der Waals surface area contributed by atoms with Gasteiger partial charge in [0.1, 0.15) is 29.9 Å². The van der Waals surface area contributed by atoms with Crippen LogP contribution in [0, 0.1) is 11.8 Å². The van der Waals surface area contributed by atoms with Gasteiger partial charge in [0.05, 0.1) is 26.1 Å². The Morgan fingerprint density at radius 1 is 1.13 bits per heavy atom. The largest absolute Gasteiger partial charge is 0.465 e. The molecule has 0 aliphatic carbocycles. The predicted molar refractivity (Wildman–Crippen MR) is 163 cm³/mol. The maximum atomic E-state index is 14.5. The molecule has 3 rings (SSSR count). The molecule has 7 N–H and O–H groups in total. The molecule has 2 aromatic heterocycles. The van der Waals surface area contributed by atoms with Crippen LogP contribution in [-0.2, 0) is 32.9 Å². The lowest BCUT2D eigenvalue weighted by Crippen LogP contribution is -2.47. The molecular weight excluding hydrogens is 613 g/mol. The minimum Gasteiger partial charge on any atom is -0.465 e. The number of esters is 2. The molecule has 0 saturated carbocycles. The number of aliphatic hydroxyl groups is 2. The number of hydrogen-bond donors (Lipinski definition) is 6. The Hall–Kier alpha value is -2.92. The summed E-state index contributed by atoms with van der Waals surface area (Å²) < 4.78 is 37.9. The van der Waals surface area contributed by atoms with Crippen LogP contribution in [0.15, 0.2) is 11.1 Å². The average Bonchev–Trinajstić information content (AvgIpc) is 3.44. The van der Waals surface area contributed by atoms with Crippen LogP contribution in [0.25, 0.3) is 11.2 Å². The molecule has 0 spiro atoms. The lowest BCUT2D eigenvalue weighted by Gasteiger charge is -2.30. The zero-order chi connectivity index (χ0) is 33.7. The number of rotatable bonds is 16. The molecule has 0 radical (unpaired) electrons. The summed E-state index contributed by atoms with van der Waals surface area (Å²) in [6.07, 6.45) is -2.53. The van der Waals surface area contributed by atoms with Crippen LogP contribution in [0.5, 0.6) is 0 Å². The van der Waals surface area contributed by atoms with Gasteiger partial charge in [-0.3, -0.25) is 28.5 Å². The summed E-state index contributed by atoms with van der Waals surface area (Å²) in [5.41, 5.74) is 3.05. The monoisotopic (exact) mass is 659 g/mol. The molecule has 45 heavy (non-hydrogen) atoms. The third kappa shape index (κ3) is 8.87. The Labute approximate surface area is 261 Å². The first kappa shape index (κ1) is 36.5. The van der Waals surface area contributed by atoms with E-state index in [1.165, 1.54) is 17.8 Å². The van der Waals surface area contributed by atoms with Crippen molar-refractivity contribution in [3.8, 4) is 0 Å². The average molecular weight is 660 g/mol. The number of anilines is 1. The first-order valence-corrected chi connectivity index (χ1v) is 16.6. The highest BCUT2D eigenvalue weighted by molar-refractivity contribution is 7.54. The normalized spacial score (nSPS) is 23.5. The van der Waals surface area contributed by atoms with E-state index in [0.29, 0.717) is 0 Å². The van der Waals surface area contributed by atoms with Crippen molar-refractivity contribution in [3.63, 3.8) is 0 Å². The molecule has 1 saturated heterocycles. The van der Waals surface area contributed by atoms with Crippen LogP contribution in [-0.4, -0.2) is 91.4 Å². The highest BCUT2D eigenvalue weighted by atomic mass is 31.2. The van der Waals surface area contributed by atoms with Crippen molar-refractivity contribution in [2.75, 3.05) is 25.6 Å². The van der Waals surface area contributed by atoms with Gasteiger partial charge in [0.25, 0.3) is 5.56 Å². The highest BCUT2D eigenvalue weighted by Gasteiger charge is 2.54. The molecule has 0 aromatic carbocycles. The van der Waals surface area contributed by atoms with Crippen molar-refractivity contribution in [1.82, 2.24) is 29.7 Å². The second-order valence-electron chi connectivity index (χ2n) is 11.9. The summed E-state index contributed by atoms with van der Waals surface area (Å²) >= 11 is 0. The summed E-state index contributed by atoms with van der Waals surface area (Å²) in [5.74, 6) is -1.56. The number of nitrogen functional groups attached to an aromatic ring is 1.